The molecule has 0 saturated heterocycles. The van der Waals surface area contributed by atoms with E-state index in [0.29, 0.717) is 0 Å². The zero-order valence-electron chi connectivity index (χ0n) is 9.12. The minimum absolute atomic E-state index is 0.245. The molecule has 0 radical (unpaired) electrons. The maximum absolute atomic E-state index is 9.59. The summed E-state index contributed by atoms with van der Waals surface area (Å²) in [5, 5.41) is 0. The Morgan fingerprint density at radius 2 is 1.86 bits per heavy atom. The van der Waals surface area contributed by atoms with Crippen LogP contribution in [0.3, 0.4) is 0 Å². The lowest BCUT2D eigenvalue weighted by Crippen LogP contribution is -1.88. The lowest BCUT2D eigenvalue weighted by atomic mass is 10.2. The van der Waals surface area contributed by atoms with Crippen molar-refractivity contribution < 1.29 is 9.53 Å². The third-order valence-electron chi connectivity index (χ3n) is 1.67. The molecular weight excluding hydrogens is 192 g/mol. The van der Waals surface area contributed by atoms with Crippen molar-refractivity contribution in [1.29, 1.82) is 0 Å². The van der Waals surface area contributed by atoms with Crippen molar-refractivity contribution in [2.45, 2.75) is 19.4 Å². The second-order valence-corrected chi connectivity index (χ2v) is 3.93. The topological polar surface area (TPSA) is 26.3 Å². The molecule has 0 bridgehead atoms. The van der Waals surface area contributed by atoms with Gasteiger partial charge >= 0.3 is 5.97 Å². The molecule has 0 saturated carbocycles. The lowest BCUT2D eigenvalue weighted by Gasteiger charge is -1.93. The molecule has 14 heavy (non-hydrogen) atoms. The minimum atomic E-state index is -0.245. The van der Waals surface area contributed by atoms with Gasteiger partial charge < -0.3 is 4.74 Å². The monoisotopic (exact) mass is 210 g/mol. The molecule has 1 aromatic carbocycles. The van der Waals surface area contributed by atoms with E-state index < -0.39 is 0 Å². The van der Waals surface area contributed by atoms with Crippen molar-refractivity contribution in [3.8, 4) is 0 Å². The van der Waals surface area contributed by atoms with Gasteiger partial charge in [-0.2, -0.15) is 0 Å². The summed E-state index contributed by atoms with van der Waals surface area (Å²) in [6.07, 6.45) is 1.27. The van der Waals surface area contributed by atoms with E-state index in [1.165, 1.54) is 42.3 Å². The Kier molecular flexibility index (Phi) is 7.84. The summed E-state index contributed by atoms with van der Waals surface area (Å²) in [6, 6.07) is 12.0. The van der Waals surface area contributed by atoms with Crippen LogP contribution in [0.2, 0.25) is 6.04 Å². The van der Waals surface area contributed by atoms with Gasteiger partial charge in [-0.15, -0.1) is 0 Å². The first-order valence-corrected chi connectivity index (χ1v) is 6.20. The van der Waals surface area contributed by atoms with Crippen molar-refractivity contribution in [2.75, 3.05) is 7.11 Å². The van der Waals surface area contributed by atoms with E-state index in [2.05, 4.69) is 35.1 Å². The van der Waals surface area contributed by atoms with E-state index >= 15 is 0 Å². The van der Waals surface area contributed by atoms with Gasteiger partial charge in [0.15, 0.2) is 0 Å². The molecule has 0 spiro atoms. The summed E-state index contributed by atoms with van der Waals surface area (Å²) in [6.45, 7) is 1.36. The number of methoxy groups -OCH3 is 1. The quantitative estimate of drug-likeness (QED) is 0.541. The average Bonchev–Trinajstić information content (AvgIpc) is 2.21. The van der Waals surface area contributed by atoms with Crippen molar-refractivity contribution in [3.63, 3.8) is 0 Å². The van der Waals surface area contributed by atoms with Crippen LogP contribution in [0.4, 0.5) is 0 Å². The molecule has 1 rings (SSSR count). The van der Waals surface area contributed by atoms with Gasteiger partial charge in [0.2, 0.25) is 0 Å². The van der Waals surface area contributed by atoms with Crippen molar-refractivity contribution >= 4 is 16.2 Å². The zero-order chi connectivity index (χ0) is 10.8. The van der Waals surface area contributed by atoms with E-state index in [1.54, 1.807) is 0 Å². The first-order chi connectivity index (χ1) is 6.70. The fraction of sp³-hybridized carbons (Fsp3) is 0.364. The van der Waals surface area contributed by atoms with Crippen LogP contribution in [0.1, 0.15) is 12.5 Å². The number of hydrogen-bond donors (Lipinski definition) is 0. The fourth-order valence-corrected chi connectivity index (χ4v) is 1.51. The molecule has 0 aromatic heterocycles. The van der Waals surface area contributed by atoms with E-state index in [1.807, 2.05) is 0 Å². The van der Waals surface area contributed by atoms with Crippen LogP contribution in [-0.4, -0.2) is 23.3 Å². The Morgan fingerprint density at radius 3 is 2.21 bits per heavy atom. The van der Waals surface area contributed by atoms with Gasteiger partial charge in [-0.25, -0.2) is 0 Å². The molecule has 0 aliphatic heterocycles. The molecule has 0 amide bonds. The normalized spacial score (nSPS) is 8.71. The third kappa shape index (κ3) is 7.55. The second-order valence-electron chi connectivity index (χ2n) is 2.93. The standard InChI is InChI=1S/C8H12Si.C3H6O2/c9-7-6-8-4-2-1-3-5-8;1-3(4)5-2/h1-5H,6-7H2,9H3;1-2H3. The average molecular weight is 210 g/mol. The molecule has 0 atom stereocenters. The van der Waals surface area contributed by atoms with Crippen LogP contribution in [0.25, 0.3) is 0 Å². The van der Waals surface area contributed by atoms with Gasteiger partial charge in [-0.3, -0.25) is 4.79 Å². The van der Waals surface area contributed by atoms with Gasteiger partial charge in [0.1, 0.15) is 0 Å². The summed E-state index contributed by atoms with van der Waals surface area (Å²) in [4.78, 5) is 9.59. The van der Waals surface area contributed by atoms with E-state index in [4.69, 9.17) is 0 Å². The molecule has 0 fully saturated rings. The molecule has 1 aromatic rings. The van der Waals surface area contributed by atoms with Gasteiger partial charge in [0.05, 0.1) is 7.11 Å². The minimum Gasteiger partial charge on any atom is -0.469 e. The number of esters is 1. The number of rotatable bonds is 2. The molecule has 78 valence electrons. The molecular formula is C11H18O2Si. The Morgan fingerprint density at radius 1 is 1.36 bits per heavy atom. The molecule has 0 heterocycles. The van der Waals surface area contributed by atoms with Crippen LogP contribution >= 0.6 is 0 Å². The Hall–Kier alpha value is -1.09. The van der Waals surface area contributed by atoms with Crippen LogP contribution in [0.15, 0.2) is 30.3 Å². The number of carbonyl (C=O) groups excluding carboxylic acids is 1. The summed E-state index contributed by atoms with van der Waals surface area (Å²) >= 11 is 0. The Balaban J connectivity index is 0.000000292. The third-order valence-corrected chi connectivity index (χ3v) is 2.17. The lowest BCUT2D eigenvalue weighted by molar-refractivity contribution is -0.137. The summed E-state index contributed by atoms with van der Waals surface area (Å²) < 4.78 is 4.11. The van der Waals surface area contributed by atoms with Crippen molar-refractivity contribution in [2.24, 2.45) is 0 Å². The highest BCUT2D eigenvalue weighted by Gasteiger charge is 1.84. The Labute approximate surface area is 88.7 Å². The second kappa shape index (κ2) is 8.50. The largest absolute Gasteiger partial charge is 0.469 e. The maximum Gasteiger partial charge on any atom is 0.302 e. The molecule has 2 nitrogen and oxygen atoms in total. The number of benzene rings is 1. The van der Waals surface area contributed by atoms with Crippen LogP contribution in [0.5, 0.6) is 0 Å². The highest BCUT2D eigenvalue weighted by atomic mass is 28.1. The summed E-state index contributed by atoms with van der Waals surface area (Å²) in [5.41, 5.74) is 1.48. The van der Waals surface area contributed by atoms with Gasteiger partial charge in [0.25, 0.3) is 0 Å². The van der Waals surface area contributed by atoms with Crippen LogP contribution in [-0.2, 0) is 16.0 Å². The smallest absolute Gasteiger partial charge is 0.302 e. The summed E-state index contributed by atoms with van der Waals surface area (Å²) in [7, 11) is 2.67. The SMILES string of the molecule is COC(C)=O.[SiH3]CCc1ccccc1. The molecule has 0 unspecified atom stereocenters. The Bertz CT molecular complexity index is 247. The maximum atomic E-state index is 9.59. The molecule has 0 aliphatic carbocycles. The highest BCUT2D eigenvalue weighted by molar-refractivity contribution is 6.08. The highest BCUT2D eigenvalue weighted by Crippen LogP contribution is 1.99. The molecule has 0 N–H and O–H groups in total. The predicted octanol–water partition coefficient (Wildman–Crippen LogP) is 1.19. The van der Waals surface area contributed by atoms with Crippen molar-refractivity contribution in [1.82, 2.24) is 0 Å². The molecule has 3 heteroatoms. The van der Waals surface area contributed by atoms with Crippen LogP contribution in [0, 0.1) is 0 Å². The molecule has 0 aliphatic rings. The first kappa shape index (κ1) is 12.9. The first-order valence-electron chi connectivity index (χ1n) is 4.79. The van der Waals surface area contributed by atoms with Crippen molar-refractivity contribution in [3.05, 3.63) is 35.9 Å². The zero-order valence-corrected chi connectivity index (χ0v) is 11.1. The van der Waals surface area contributed by atoms with Gasteiger partial charge in [-0.05, 0) is 12.0 Å². The number of hydrogen-bond acceptors (Lipinski definition) is 2. The number of carbonyl (C=O) groups is 1. The fourth-order valence-electron chi connectivity index (χ4n) is 0.933. The predicted molar refractivity (Wildman–Crippen MR) is 62.6 cm³/mol. The van der Waals surface area contributed by atoms with E-state index in [0.717, 1.165) is 0 Å². The summed E-state index contributed by atoms with van der Waals surface area (Å²) in [5.74, 6) is -0.245. The van der Waals surface area contributed by atoms with Gasteiger partial charge in [-0.1, -0.05) is 36.4 Å². The van der Waals surface area contributed by atoms with E-state index in [9.17, 15) is 4.79 Å². The number of aryl methyl sites for hydroxylation is 1. The van der Waals surface area contributed by atoms with Gasteiger partial charge in [0, 0.05) is 17.2 Å². The van der Waals surface area contributed by atoms with Crippen LogP contribution < -0.4 is 0 Å². The number of ether oxygens (including phenoxy) is 1. The van der Waals surface area contributed by atoms with E-state index in [-0.39, 0.29) is 5.97 Å².